The third-order valence-electron chi connectivity index (χ3n) is 2.55. The number of benzene rings is 1. The van der Waals surface area contributed by atoms with Gasteiger partial charge in [-0.15, -0.1) is 11.6 Å². The highest BCUT2D eigenvalue weighted by molar-refractivity contribution is 6.20. The Bertz CT molecular complexity index is 409. The number of amides is 1. The summed E-state index contributed by atoms with van der Waals surface area (Å²) in [5, 5.41) is 12.4. The SMILES string of the molecule is CCCC(Cl)CNC(=O)c1cccc(OC)c1O. The Labute approximate surface area is 112 Å². The van der Waals surface area contributed by atoms with Gasteiger partial charge in [-0.25, -0.2) is 0 Å². The molecule has 100 valence electrons. The lowest BCUT2D eigenvalue weighted by molar-refractivity contribution is 0.0950. The largest absolute Gasteiger partial charge is 0.504 e. The number of hydrogen-bond donors (Lipinski definition) is 2. The van der Waals surface area contributed by atoms with E-state index in [9.17, 15) is 9.90 Å². The Balaban J connectivity index is 2.67. The van der Waals surface area contributed by atoms with Crippen LogP contribution in [0.2, 0.25) is 0 Å². The van der Waals surface area contributed by atoms with E-state index >= 15 is 0 Å². The Morgan fingerprint density at radius 2 is 2.28 bits per heavy atom. The molecule has 5 heteroatoms. The van der Waals surface area contributed by atoms with Crippen LogP contribution in [0.15, 0.2) is 18.2 Å². The molecule has 0 spiro atoms. The Morgan fingerprint density at radius 3 is 2.89 bits per heavy atom. The first kappa shape index (κ1) is 14.6. The van der Waals surface area contributed by atoms with Gasteiger partial charge >= 0.3 is 0 Å². The average molecular weight is 272 g/mol. The second-order valence-corrected chi connectivity index (χ2v) is 4.57. The number of phenolic OH excluding ortho intramolecular Hbond substituents is 1. The second-order valence-electron chi connectivity index (χ2n) is 3.95. The third kappa shape index (κ3) is 3.81. The summed E-state index contributed by atoms with van der Waals surface area (Å²) in [5.74, 6) is -0.231. The van der Waals surface area contributed by atoms with Gasteiger partial charge < -0.3 is 15.2 Å². The predicted molar refractivity (Wildman–Crippen MR) is 71.5 cm³/mol. The van der Waals surface area contributed by atoms with Crippen LogP contribution in [0.1, 0.15) is 30.1 Å². The van der Waals surface area contributed by atoms with Crippen LogP contribution < -0.4 is 10.1 Å². The molecule has 2 N–H and O–H groups in total. The molecule has 0 saturated heterocycles. The second kappa shape index (κ2) is 7.11. The first-order valence-electron chi connectivity index (χ1n) is 5.88. The van der Waals surface area contributed by atoms with Crippen LogP contribution in [-0.2, 0) is 0 Å². The van der Waals surface area contributed by atoms with Crippen LogP contribution in [0.3, 0.4) is 0 Å². The van der Waals surface area contributed by atoms with Crippen LogP contribution >= 0.6 is 11.6 Å². The smallest absolute Gasteiger partial charge is 0.255 e. The summed E-state index contributed by atoms with van der Waals surface area (Å²) in [7, 11) is 1.44. The van der Waals surface area contributed by atoms with E-state index < -0.39 is 0 Å². The molecular weight excluding hydrogens is 254 g/mol. The molecule has 0 bridgehead atoms. The molecule has 1 atom stereocenters. The number of hydrogen-bond acceptors (Lipinski definition) is 3. The minimum Gasteiger partial charge on any atom is -0.504 e. The molecule has 1 aromatic carbocycles. The summed E-state index contributed by atoms with van der Waals surface area (Å²) in [4.78, 5) is 11.9. The first-order valence-corrected chi connectivity index (χ1v) is 6.32. The highest BCUT2D eigenvalue weighted by Crippen LogP contribution is 2.29. The molecule has 0 heterocycles. The summed E-state index contributed by atoms with van der Waals surface area (Å²) < 4.78 is 4.94. The van der Waals surface area contributed by atoms with E-state index in [4.69, 9.17) is 16.3 Å². The van der Waals surface area contributed by atoms with Gasteiger partial charge in [-0.1, -0.05) is 19.4 Å². The fraction of sp³-hybridized carbons (Fsp3) is 0.462. The maximum absolute atomic E-state index is 11.9. The van der Waals surface area contributed by atoms with Gasteiger partial charge in [0.2, 0.25) is 0 Å². The van der Waals surface area contributed by atoms with E-state index in [1.54, 1.807) is 12.1 Å². The van der Waals surface area contributed by atoms with Gasteiger partial charge in [0.15, 0.2) is 11.5 Å². The van der Waals surface area contributed by atoms with Gasteiger partial charge in [0, 0.05) is 6.54 Å². The summed E-state index contributed by atoms with van der Waals surface area (Å²) >= 11 is 6.01. The van der Waals surface area contributed by atoms with Gasteiger partial charge in [0.05, 0.1) is 18.1 Å². The molecule has 0 radical (unpaired) electrons. The quantitative estimate of drug-likeness (QED) is 0.782. The Kier molecular flexibility index (Phi) is 5.78. The molecule has 4 nitrogen and oxygen atoms in total. The van der Waals surface area contributed by atoms with Gasteiger partial charge in [0.25, 0.3) is 5.91 Å². The Morgan fingerprint density at radius 1 is 1.56 bits per heavy atom. The van der Waals surface area contributed by atoms with E-state index in [1.807, 2.05) is 6.92 Å². The molecule has 0 aromatic heterocycles. The number of methoxy groups -OCH3 is 1. The molecule has 1 rings (SSSR count). The number of para-hydroxylation sites is 1. The van der Waals surface area contributed by atoms with Crippen LogP contribution in [0.5, 0.6) is 11.5 Å². The number of carbonyl (C=O) groups excluding carboxylic acids is 1. The summed E-state index contributed by atoms with van der Waals surface area (Å²) in [6, 6.07) is 4.78. The van der Waals surface area contributed by atoms with Crippen molar-refractivity contribution < 1.29 is 14.6 Å². The number of rotatable bonds is 6. The first-order chi connectivity index (χ1) is 8.60. The number of phenols is 1. The standard InChI is InChI=1S/C13H18ClNO3/c1-3-5-9(14)8-15-13(17)10-6-4-7-11(18-2)12(10)16/h4,6-7,9,16H,3,5,8H2,1-2H3,(H,15,17). The molecule has 0 saturated carbocycles. The van der Waals surface area contributed by atoms with Crippen molar-refractivity contribution in [1.29, 1.82) is 0 Å². The normalized spacial score (nSPS) is 11.9. The molecule has 0 aliphatic carbocycles. The maximum atomic E-state index is 11.9. The molecule has 1 aromatic rings. The van der Waals surface area contributed by atoms with Crippen molar-refractivity contribution in [2.24, 2.45) is 0 Å². The number of aromatic hydroxyl groups is 1. The third-order valence-corrected chi connectivity index (χ3v) is 2.92. The van der Waals surface area contributed by atoms with Crippen molar-refractivity contribution in [2.45, 2.75) is 25.1 Å². The molecule has 1 unspecified atom stereocenters. The lowest BCUT2D eigenvalue weighted by atomic mass is 10.1. The fourth-order valence-electron chi connectivity index (χ4n) is 1.58. The zero-order valence-corrected chi connectivity index (χ0v) is 11.3. The van der Waals surface area contributed by atoms with E-state index in [1.165, 1.54) is 13.2 Å². The summed E-state index contributed by atoms with van der Waals surface area (Å²) in [5.41, 5.74) is 0.190. The van der Waals surface area contributed by atoms with Crippen molar-refractivity contribution in [3.05, 3.63) is 23.8 Å². The van der Waals surface area contributed by atoms with Crippen molar-refractivity contribution in [3.63, 3.8) is 0 Å². The minimum absolute atomic E-state index is 0.0910. The van der Waals surface area contributed by atoms with Crippen LogP contribution in [0, 0.1) is 0 Å². The minimum atomic E-state index is -0.354. The fourth-order valence-corrected chi connectivity index (χ4v) is 1.88. The van der Waals surface area contributed by atoms with E-state index in [2.05, 4.69) is 5.32 Å². The maximum Gasteiger partial charge on any atom is 0.255 e. The van der Waals surface area contributed by atoms with E-state index in [0.717, 1.165) is 12.8 Å². The number of alkyl halides is 1. The van der Waals surface area contributed by atoms with Crippen molar-refractivity contribution in [3.8, 4) is 11.5 Å². The predicted octanol–water partition coefficient (Wildman–Crippen LogP) is 2.54. The molecule has 18 heavy (non-hydrogen) atoms. The molecular formula is C13H18ClNO3. The van der Waals surface area contributed by atoms with Gasteiger partial charge in [-0.3, -0.25) is 4.79 Å². The van der Waals surface area contributed by atoms with E-state index in [-0.39, 0.29) is 28.3 Å². The number of halogens is 1. The van der Waals surface area contributed by atoms with Crippen LogP contribution in [0.25, 0.3) is 0 Å². The number of carbonyl (C=O) groups is 1. The van der Waals surface area contributed by atoms with Gasteiger partial charge in [0.1, 0.15) is 0 Å². The highest BCUT2D eigenvalue weighted by Gasteiger charge is 2.15. The van der Waals surface area contributed by atoms with Crippen molar-refractivity contribution >= 4 is 17.5 Å². The lowest BCUT2D eigenvalue weighted by Gasteiger charge is -2.11. The number of ether oxygens (including phenoxy) is 1. The number of nitrogens with one attached hydrogen (secondary N) is 1. The monoisotopic (exact) mass is 271 g/mol. The van der Waals surface area contributed by atoms with Crippen molar-refractivity contribution in [1.82, 2.24) is 5.32 Å². The lowest BCUT2D eigenvalue weighted by Crippen LogP contribution is -2.29. The molecule has 0 aliphatic rings. The highest BCUT2D eigenvalue weighted by atomic mass is 35.5. The Hall–Kier alpha value is -1.42. The van der Waals surface area contributed by atoms with E-state index in [0.29, 0.717) is 6.54 Å². The summed E-state index contributed by atoms with van der Waals surface area (Å²) in [6.07, 6.45) is 1.81. The molecule has 0 aliphatic heterocycles. The zero-order chi connectivity index (χ0) is 13.5. The molecule has 1 amide bonds. The topological polar surface area (TPSA) is 58.6 Å². The molecule has 0 fully saturated rings. The van der Waals surface area contributed by atoms with Crippen LogP contribution in [0.4, 0.5) is 0 Å². The zero-order valence-electron chi connectivity index (χ0n) is 10.6. The van der Waals surface area contributed by atoms with Crippen molar-refractivity contribution in [2.75, 3.05) is 13.7 Å². The average Bonchev–Trinajstić information content (AvgIpc) is 2.36. The van der Waals surface area contributed by atoms with Crippen LogP contribution in [-0.4, -0.2) is 30.0 Å². The van der Waals surface area contributed by atoms with Gasteiger partial charge in [-0.2, -0.15) is 0 Å². The van der Waals surface area contributed by atoms with Gasteiger partial charge in [-0.05, 0) is 18.6 Å². The summed E-state index contributed by atoms with van der Waals surface area (Å²) in [6.45, 7) is 2.41.